The molecule has 4 aromatic rings. The molecule has 1 amide bonds. The number of rotatable bonds is 8. The molecule has 1 aromatic heterocycles. The van der Waals surface area contributed by atoms with Crippen LogP contribution in [0.1, 0.15) is 49.7 Å². The molecule has 0 saturated carbocycles. The maximum Gasteiger partial charge on any atom is 0.266 e. The van der Waals surface area contributed by atoms with Gasteiger partial charge in [-0.1, -0.05) is 61.5 Å². The standard InChI is InChI=1S/C29H31N3O2/c1-4-19-31(27(33)18-17-23-12-6-5-7-13-23)22(3)28-30-26-16-9-8-15-25(26)29(34)32(28)24-14-10-11-21(2)20-24/h5-16,20,22H,4,17-19H2,1-3H3. The first-order valence-electron chi connectivity index (χ1n) is 11.9. The Morgan fingerprint density at radius 1 is 1.00 bits per heavy atom. The Bertz CT molecular complexity index is 1340. The van der Waals surface area contributed by atoms with Crippen LogP contribution in [0.3, 0.4) is 0 Å². The first-order valence-corrected chi connectivity index (χ1v) is 11.9. The van der Waals surface area contributed by atoms with Crippen molar-refractivity contribution in [2.75, 3.05) is 6.54 Å². The molecule has 1 atom stereocenters. The number of aryl methyl sites for hydroxylation is 2. The minimum atomic E-state index is -0.360. The summed E-state index contributed by atoms with van der Waals surface area (Å²) >= 11 is 0. The third kappa shape index (κ3) is 4.93. The summed E-state index contributed by atoms with van der Waals surface area (Å²) in [5.41, 5.74) is 3.48. The molecule has 0 N–H and O–H groups in total. The Morgan fingerprint density at radius 3 is 2.47 bits per heavy atom. The number of carbonyl (C=O) groups excluding carboxylic acids is 1. The topological polar surface area (TPSA) is 55.2 Å². The second kappa shape index (κ2) is 10.5. The monoisotopic (exact) mass is 453 g/mol. The predicted octanol–water partition coefficient (Wildman–Crippen LogP) is 5.63. The minimum absolute atomic E-state index is 0.0661. The number of aromatic nitrogens is 2. The Kier molecular flexibility index (Phi) is 7.21. The van der Waals surface area contributed by atoms with Crippen LogP contribution in [-0.4, -0.2) is 26.9 Å². The highest BCUT2D eigenvalue weighted by Crippen LogP contribution is 2.24. The maximum absolute atomic E-state index is 13.6. The quantitative estimate of drug-likeness (QED) is 0.348. The molecule has 0 saturated heterocycles. The lowest BCUT2D eigenvalue weighted by atomic mass is 10.1. The Hall–Kier alpha value is -3.73. The summed E-state index contributed by atoms with van der Waals surface area (Å²) in [6, 6.07) is 24.9. The third-order valence-corrected chi connectivity index (χ3v) is 6.16. The number of fused-ring (bicyclic) bond motifs is 1. The largest absolute Gasteiger partial charge is 0.333 e. The van der Waals surface area contributed by atoms with Gasteiger partial charge in [0.2, 0.25) is 5.91 Å². The zero-order chi connectivity index (χ0) is 24.1. The Balaban J connectivity index is 1.77. The van der Waals surface area contributed by atoms with E-state index in [-0.39, 0.29) is 17.5 Å². The van der Waals surface area contributed by atoms with Crippen LogP contribution in [0.15, 0.2) is 83.7 Å². The van der Waals surface area contributed by atoms with E-state index in [1.54, 1.807) is 10.6 Å². The smallest absolute Gasteiger partial charge is 0.266 e. The maximum atomic E-state index is 13.6. The average molecular weight is 454 g/mol. The fraction of sp³-hybridized carbons (Fsp3) is 0.276. The van der Waals surface area contributed by atoms with Crippen molar-refractivity contribution in [3.8, 4) is 5.69 Å². The summed E-state index contributed by atoms with van der Waals surface area (Å²) < 4.78 is 1.67. The zero-order valence-corrected chi connectivity index (χ0v) is 20.1. The van der Waals surface area contributed by atoms with Crippen molar-refractivity contribution in [3.63, 3.8) is 0 Å². The minimum Gasteiger partial charge on any atom is -0.333 e. The molecule has 174 valence electrons. The van der Waals surface area contributed by atoms with Crippen LogP contribution in [0.25, 0.3) is 16.6 Å². The van der Waals surface area contributed by atoms with Gasteiger partial charge in [0.05, 0.1) is 22.6 Å². The van der Waals surface area contributed by atoms with E-state index in [9.17, 15) is 9.59 Å². The van der Waals surface area contributed by atoms with Crippen LogP contribution in [0.2, 0.25) is 0 Å². The number of nitrogens with zero attached hydrogens (tertiary/aromatic N) is 3. The van der Waals surface area contributed by atoms with E-state index in [2.05, 4.69) is 6.92 Å². The summed E-state index contributed by atoms with van der Waals surface area (Å²) in [4.78, 5) is 33.8. The van der Waals surface area contributed by atoms with Gasteiger partial charge in [-0.15, -0.1) is 0 Å². The molecule has 0 fully saturated rings. The van der Waals surface area contributed by atoms with E-state index in [0.717, 1.165) is 23.2 Å². The molecular weight excluding hydrogens is 422 g/mol. The summed E-state index contributed by atoms with van der Waals surface area (Å²) in [5.74, 6) is 0.646. The Morgan fingerprint density at radius 2 is 1.74 bits per heavy atom. The molecule has 34 heavy (non-hydrogen) atoms. The second-order valence-corrected chi connectivity index (χ2v) is 8.72. The molecule has 5 nitrogen and oxygen atoms in total. The lowest BCUT2D eigenvalue weighted by Crippen LogP contribution is -2.38. The van der Waals surface area contributed by atoms with Crippen molar-refractivity contribution < 1.29 is 4.79 Å². The second-order valence-electron chi connectivity index (χ2n) is 8.72. The molecule has 5 heteroatoms. The molecule has 0 aliphatic rings. The molecule has 3 aromatic carbocycles. The van der Waals surface area contributed by atoms with Crippen LogP contribution in [-0.2, 0) is 11.2 Å². The van der Waals surface area contributed by atoms with Crippen molar-refractivity contribution in [1.29, 1.82) is 0 Å². The normalized spacial score (nSPS) is 12.0. The number of para-hydroxylation sites is 1. The molecule has 1 heterocycles. The van der Waals surface area contributed by atoms with Crippen molar-refractivity contribution in [1.82, 2.24) is 14.5 Å². The molecular formula is C29H31N3O2. The highest BCUT2D eigenvalue weighted by molar-refractivity contribution is 5.79. The molecule has 1 unspecified atom stereocenters. The van der Waals surface area contributed by atoms with E-state index >= 15 is 0 Å². The van der Waals surface area contributed by atoms with Crippen LogP contribution in [0.5, 0.6) is 0 Å². The number of carbonyl (C=O) groups is 1. The molecule has 0 bridgehead atoms. The van der Waals surface area contributed by atoms with Gasteiger partial charge in [0.15, 0.2) is 0 Å². The Labute approximate surface area is 200 Å². The molecule has 0 spiro atoms. The highest BCUT2D eigenvalue weighted by atomic mass is 16.2. The van der Waals surface area contributed by atoms with Gasteiger partial charge in [0.25, 0.3) is 5.56 Å². The lowest BCUT2D eigenvalue weighted by Gasteiger charge is -2.30. The van der Waals surface area contributed by atoms with E-state index in [1.807, 2.05) is 91.5 Å². The third-order valence-electron chi connectivity index (χ3n) is 6.16. The van der Waals surface area contributed by atoms with Crippen molar-refractivity contribution in [2.45, 2.75) is 46.1 Å². The van der Waals surface area contributed by atoms with Gasteiger partial charge in [-0.2, -0.15) is 0 Å². The van der Waals surface area contributed by atoms with Gasteiger partial charge < -0.3 is 4.90 Å². The lowest BCUT2D eigenvalue weighted by molar-refractivity contribution is -0.133. The van der Waals surface area contributed by atoms with Gasteiger partial charge in [0.1, 0.15) is 5.82 Å². The van der Waals surface area contributed by atoms with Crippen molar-refractivity contribution >= 4 is 16.8 Å². The van der Waals surface area contributed by atoms with Gasteiger partial charge in [-0.25, -0.2) is 4.98 Å². The number of benzene rings is 3. The summed E-state index contributed by atoms with van der Waals surface area (Å²) in [6.45, 7) is 6.64. The van der Waals surface area contributed by atoms with Gasteiger partial charge >= 0.3 is 0 Å². The van der Waals surface area contributed by atoms with Crippen molar-refractivity contribution in [2.24, 2.45) is 0 Å². The summed E-state index contributed by atoms with van der Waals surface area (Å²) in [6.07, 6.45) is 1.92. The highest BCUT2D eigenvalue weighted by Gasteiger charge is 2.26. The summed E-state index contributed by atoms with van der Waals surface area (Å²) in [7, 11) is 0. The predicted molar refractivity (Wildman–Crippen MR) is 137 cm³/mol. The fourth-order valence-corrected chi connectivity index (χ4v) is 4.40. The zero-order valence-electron chi connectivity index (χ0n) is 20.1. The van der Waals surface area contributed by atoms with Crippen LogP contribution in [0.4, 0.5) is 0 Å². The van der Waals surface area contributed by atoms with Crippen LogP contribution in [0, 0.1) is 6.92 Å². The molecule has 0 aliphatic heterocycles. The summed E-state index contributed by atoms with van der Waals surface area (Å²) in [5, 5.41) is 0.567. The number of hydrogen-bond acceptors (Lipinski definition) is 3. The SMILES string of the molecule is CCCN(C(=O)CCc1ccccc1)C(C)c1nc2ccccc2c(=O)n1-c1cccc(C)c1. The first kappa shape index (κ1) is 23.4. The average Bonchev–Trinajstić information content (AvgIpc) is 2.86. The molecule has 0 aliphatic carbocycles. The van der Waals surface area contributed by atoms with Crippen LogP contribution < -0.4 is 5.56 Å². The van der Waals surface area contributed by atoms with Gasteiger partial charge in [-0.05, 0) is 62.1 Å². The van der Waals surface area contributed by atoms with Gasteiger partial charge in [0, 0.05) is 13.0 Å². The first-order chi connectivity index (χ1) is 16.5. The van der Waals surface area contributed by atoms with E-state index in [0.29, 0.717) is 36.1 Å². The number of amides is 1. The van der Waals surface area contributed by atoms with Crippen LogP contribution >= 0.6 is 0 Å². The van der Waals surface area contributed by atoms with E-state index in [4.69, 9.17) is 4.98 Å². The molecule has 0 radical (unpaired) electrons. The fourth-order valence-electron chi connectivity index (χ4n) is 4.40. The van der Waals surface area contributed by atoms with Crippen molar-refractivity contribution in [3.05, 3.63) is 106 Å². The molecule has 4 rings (SSSR count). The van der Waals surface area contributed by atoms with E-state index in [1.165, 1.54) is 0 Å². The van der Waals surface area contributed by atoms with Gasteiger partial charge in [-0.3, -0.25) is 14.2 Å². The number of hydrogen-bond donors (Lipinski definition) is 0. The van der Waals surface area contributed by atoms with E-state index < -0.39 is 0 Å².